The number of hydrogen-bond acceptors (Lipinski definition) is 7. The van der Waals surface area contributed by atoms with Crippen LogP contribution in [0.4, 0.5) is 4.79 Å². The van der Waals surface area contributed by atoms with Crippen LogP contribution in [0.25, 0.3) is 0 Å². The number of ether oxygens (including phenoxy) is 2. The summed E-state index contributed by atoms with van der Waals surface area (Å²) in [5, 5.41) is 10.9. The number of piperidine rings is 1. The monoisotopic (exact) mass is 477 g/mol. The summed E-state index contributed by atoms with van der Waals surface area (Å²) in [5.41, 5.74) is 2.48. The molecule has 1 aromatic heterocycles. The number of aromatic nitrogens is 1. The first-order chi connectivity index (χ1) is 17.1. The van der Waals surface area contributed by atoms with Crippen LogP contribution in [-0.4, -0.2) is 63.8 Å². The second-order valence-corrected chi connectivity index (χ2v) is 11.6. The van der Waals surface area contributed by atoms with Gasteiger partial charge in [0.05, 0.1) is 12.2 Å². The van der Waals surface area contributed by atoms with Gasteiger partial charge in [-0.15, -0.1) is 0 Å². The molecule has 4 aliphatic heterocycles. The van der Waals surface area contributed by atoms with Crippen molar-refractivity contribution in [3.63, 3.8) is 0 Å². The van der Waals surface area contributed by atoms with E-state index in [2.05, 4.69) is 16.0 Å². The van der Waals surface area contributed by atoms with Gasteiger partial charge in [0.1, 0.15) is 12.4 Å². The van der Waals surface area contributed by atoms with Crippen molar-refractivity contribution in [2.45, 2.75) is 75.2 Å². The molecule has 5 fully saturated rings. The summed E-state index contributed by atoms with van der Waals surface area (Å²) in [7, 11) is 0. The van der Waals surface area contributed by atoms with Crippen LogP contribution < -0.4 is 4.74 Å². The Bertz CT molecular complexity index is 1200. The Hall–Kier alpha value is -2.74. The van der Waals surface area contributed by atoms with Crippen molar-refractivity contribution < 1.29 is 23.8 Å². The zero-order valence-corrected chi connectivity index (χ0v) is 19.8. The number of phenols is 1. The number of carbonyl (C=O) groups is 1. The van der Waals surface area contributed by atoms with E-state index in [-0.39, 0.29) is 41.4 Å². The van der Waals surface area contributed by atoms with E-state index in [1.165, 1.54) is 36.8 Å². The van der Waals surface area contributed by atoms with E-state index >= 15 is 0 Å². The third kappa shape index (κ3) is 2.56. The minimum Gasteiger partial charge on any atom is -0.504 e. The van der Waals surface area contributed by atoms with Gasteiger partial charge in [-0.3, -0.25) is 4.90 Å². The number of nitrogens with zero attached hydrogens (tertiary/aromatic N) is 3. The highest BCUT2D eigenvalue weighted by molar-refractivity contribution is 5.70. The van der Waals surface area contributed by atoms with Crippen LogP contribution in [0.1, 0.15) is 55.5 Å². The number of fused-ring (bicyclic) bond motifs is 3. The fourth-order valence-electron chi connectivity index (χ4n) is 8.75. The molecule has 1 N–H and O–H groups in total. The van der Waals surface area contributed by atoms with Crippen molar-refractivity contribution in [2.24, 2.45) is 11.3 Å². The first kappa shape index (κ1) is 20.5. The summed E-state index contributed by atoms with van der Waals surface area (Å²) in [5.74, 6) is 2.15. The van der Waals surface area contributed by atoms with Gasteiger partial charge in [0.2, 0.25) is 5.89 Å². The smallest absolute Gasteiger partial charge is 0.410 e. The van der Waals surface area contributed by atoms with E-state index in [1.54, 1.807) is 12.3 Å². The lowest BCUT2D eigenvalue weighted by molar-refractivity contribution is -0.129. The van der Waals surface area contributed by atoms with Crippen LogP contribution in [0.15, 0.2) is 29.0 Å². The lowest BCUT2D eigenvalue weighted by atomic mass is 9.42. The first-order valence-corrected chi connectivity index (χ1v) is 13.2. The second kappa shape index (κ2) is 6.93. The van der Waals surface area contributed by atoms with Crippen LogP contribution in [0.3, 0.4) is 0 Å². The van der Waals surface area contributed by atoms with Gasteiger partial charge < -0.3 is 23.9 Å². The number of carbonyl (C=O) groups excluding carboxylic acids is 1. The summed E-state index contributed by atoms with van der Waals surface area (Å²) < 4.78 is 17.7. The molecule has 9 rings (SSSR count). The molecule has 3 saturated heterocycles. The molecule has 0 unspecified atom stereocenters. The maximum Gasteiger partial charge on any atom is 0.410 e. The first-order valence-electron chi connectivity index (χ1n) is 13.2. The van der Waals surface area contributed by atoms with E-state index in [9.17, 15) is 9.90 Å². The Morgan fingerprint density at radius 2 is 2.11 bits per heavy atom. The lowest BCUT2D eigenvalue weighted by Crippen LogP contribution is -2.72. The number of rotatable bonds is 4. The van der Waals surface area contributed by atoms with E-state index in [1.807, 2.05) is 4.90 Å². The number of oxazole rings is 1. The number of likely N-dealkylation sites (tertiary alicyclic amines) is 1. The van der Waals surface area contributed by atoms with Gasteiger partial charge in [0, 0.05) is 35.5 Å². The molecule has 35 heavy (non-hydrogen) atoms. The molecule has 2 spiro atoms. The molecule has 3 aliphatic carbocycles. The minimum atomic E-state index is -0.325. The summed E-state index contributed by atoms with van der Waals surface area (Å²) >= 11 is 0. The van der Waals surface area contributed by atoms with Crippen molar-refractivity contribution in [3.05, 3.63) is 41.6 Å². The van der Waals surface area contributed by atoms with Crippen LogP contribution >= 0.6 is 0 Å². The minimum absolute atomic E-state index is 0.0276. The molecule has 7 aliphatic rings. The second-order valence-electron chi connectivity index (χ2n) is 11.6. The Balaban J connectivity index is 1.21. The fourth-order valence-corrected chi connectivity index (χ4v) is 8.75. The number of aromatic hydroxyl groups is 1. The molecule has 1 aromatic carbocycles. The number of hydrogen-bond donors (Lipinski definition) is 1. The molecule has 2 saturated carbocycles. The largest absolute Gasteiger partial charge is 0.504 e. The van der Waals surface area contributed by atoms with Gasteiger partial charge in [-0.05, 0) is 69.0 Å². The van der Waals surface area contributed by atoms with Gasteiger partial charge in [-0.25, -0.2) is 9.78 Å². The Labute approximate surface area is 204 Å². The number of phenolic OH excluding ortho intramolecular Hbond substituents is 1. The van der Waals surface area contributed by atoms with Crippen LogP contribution in [-0.2, 0) is 23.2 Å². The standard InChI is InChI=1S/C27H31N3O5/c31-19-4-3-17-13-20-26-6-5-18(30(11-7-26)25(32)34-15-21-28-9-12-33-21)24-27(26,22(17)23(19)35-24)8-10-29(20)14-16-1-2-16/h3-4,9,12,16,18,20,24,31H,1-2,5-8,10-11,13-15H2/t18-,20-,24+,26-,27+/m1/s1. The summed E-state index contributed by atoms with van der Waals surface area (Å²) in [4.78, 5) is 22.2. The summed E-state index contributed by atoms with van der Waals surface area (Å²) in [6, 6.07) is 4.31. The third-order valence-electron chi connectivity index (χ3n) is 10.2. The Kier molecular flexibility index (Phi) is 4.05. The van der Waals surface area contributed by atoms with Gasteiger partial charge in [0.25, 0.3) is 0 Å². The topological polar surface area (TPSA) is 88.3 Å². The highest BCUT2D eigenvalue weighted by Crippen LogP contribution is 2.71. The molecule has 8 nitrogen and oxygen atoms in total. The molecule has 184 valence electrons. The van der Waals surface area contributed by atoms with E-state index in [4.69, 9.17) is 13.9 Å². The molecule has 5 heterocycles. The van der Waals surface area contributed by atoms with E-state index in [0.717, 1.165) is 44.6 Å². The Morgan fingerprint density at radius 3 is 2.94 bits per heavy atom. The van der Waals surface area contributed by atoms with Crippen molar-refractivity contribution in [2.75, 3.05) is 19.6 Å². The molecular formula is C27H31N3O5. The molecule has 2 aromatic rings. The normalized spacial score (nSPS) is 36.5. The highest BCUT2D eigenvalue weighted by Gasteiger charge is 2.74. The molecule has 8 heteroatoms. The molecule has 5 atom stereocenters. The van der Waals surface area contributed by atoms with Crippen LogP contribution in [0, 0.1) is 11.3 Å². The average molecular weight is 478 g/mol. The van der Waals surface area contributed by atoms with E-state index < -0.39 is 0 Å². The highest BCUT2D eigenvalue weighted by atomic mass is 16.6. The Morgan fingerprint density at radius 1 is 1.20 bits per heavy atom. The number of amides is 1. The van der Waals surface area contributed by atoms with Crippen LogP contribution in [0.2, 0.25) is 0 Å². The molecule has 0 radical (unpaired) electrons. The predicted octanol–water partition coefficient (Wildman–Crippen LogP) is 3.61. The van der Waals surface area contributed by atoms with Gasteiger partial charge >= 0.3 is 6.09 Å². The predicted molar refractivity (Wildman–Crippen MR) is 124 cm³/mol. The van der Waals surface area contributed by atoms with Crippen molar-refractivity contribution in [1.29, 1.82) is 0 Å². The zero-order chi connectivity index (χ0) is 23.4. The van der Waals surface area contributed by atoms with Gasteiger partial charge in [-0.2, -0.15) is 0 Å². The average Bonchev–Trinajstić information content (AvgIpc) is 3.47. The molecule has 1 amide bonds. The maximum atomic E-state index is 13.4. The van der Waals surface area contributed by atoms with E-state index in [0.29, 0.717) is 24.2 Å². The molecule has 4 bridgehead atoms. The van der Waals surface area contributed by atoms with Crippen molar-refractivity contribution in [3.8, 4) is 11.5 Å². The fraction of sp³-hybridized carbons (Fsp3) is 0.630. The van der Waals surface area contributed by atoms with Crippen molar-refractivity contribution in [1.82, 2.24) is 14.8 Å². The van der Waals surface area contributed by atoms with Gasteiger partial charge in [-0.1, -0.05) is 6.07 Å². The third-order valence-corrected chi connectivity index (χ3v) is 10.2. The maximum absolute atomic E-state index is 13.4. The van der Waals surface area contributed by atoms with Gasteiger partial charge in [0.15, 0.2) is 18.1 Å². The number of benzene rings is 1. The summed E-state index contributed by atoms with van der Waals surface area (Å²) in [6.45, 7) is 2.96. The van der Waals surface area contributed by atoms with Crippen LogP contribution in [0.5, 0.6) is 11.5 Å². The quantitative estimate of drug-likeness (QED) is 0.720. The zero-order valence-electron chi connectivity index (χ0n) is 19.8. The molecular weight excluding hydrogens is 446 g/mol. The SMILES string of the molecule is O=C(OCc1ncco1)N1CC[C@@]23CC[C@@H]1[C@@H]1Oc4c(O)ccc5c4[C@@]12CCN(CC1CC1)[C@@H]3C5. The lowest BCUT2D eigenvalue weighted by Gasteiger charge is -2.65. The van der Waals surface area contributed by atoms with Crippen molar-refractivity contribution >= 4 is 6.09 Å². The summed E-state index contributed by atoms with van der Waals surface area (Å²) in [6.07, 6.45) is 10.2.